The summed E-state index contributed by atoms with van der Waals surface area (Å²) in [5, 5.41) is 11.1. The maximum atomic E-state index is 8.36. The lowest BCUT2D eigenvalue weighted by Gasteiger charge is -2.39. The van der Waals surface area contributed by atoms with Gasteiger partial charge < -0.3 is 25.8 Å². The molecule has 2 fully saturated rings. The monoisotopic (exact) mass is 547 g/mol. The molecule has 0 saturated carbocycles. The quantitative estimate of drug-likeness (QED) is 0.310. The molecule has 2 aliphatic rings. The molecule has 0 atom stereocenters. The molecule has 2 aliphatic heterocycles. The Labute approximate surface area is 235 Å². The number of aromatic nitrogens is 2. The summed E-state index contributed by atoms with van der Waals surface area (Å²) in [5.74, 6) is 1.57. The van der Waals surface area contributed by atoms with Crippen LogP contribution in [0.25, 0.3) is 11.1 Å². The Morgan fingerprint density at radius 2 is 1.72 bits per heavy atom. The molecule has 0 radical (unpaired) electrons. The van der Waals surface area contributed by atoms with E-state index in [-0.39, 0.29) is 12.4 Å². The zero-order valence-corrected chi connectivity index (χ0v) is 22.6. The summed E-state index contributed by atoms with van der Waals surface area (Å²) in [4.78, 5) is 19.5. The molecule has 3 aromatic rings. The van der Waals surface area contributed by atoms with Crippen molar-refractivity contribution in [1.82, 2.24) is 15.3 Å². The molecule has 0 amide bonds. The van der Waals surface area contributed by atoms with Crippen molar-refractivity contribution in [3.63, 3.8) is 0 Å². The van der Waals surface area contributed by atoms with E-state index in [0.29, 0.717) is 22.9 Å². The molecule has 8 nitrogen and oxygen atoms in total. The molecule has 4 N–H and O–H groups in total. The van der Waals surface area contributed by atoms with Gasteiger partial charge in [-0.2, -0.15) is 9.97 Å². The predicted molar refractivity (Wildman–Crippen MR) is 158 cm³/mol. The van der Waals surface area contributed by atoms with Crippen molar-refractivity contribution >= 4 is 29.8 Å². The fourth-order valence-corrected chi connectivity index (χ4v) is 4.98. The molecular weight excluding hydrogens is 514 g/mol. The molecule has 204 valence electrons. The molecule has 3 heterocycles. The number of halogens is 1. The molecule has 1 aromatic heterocycles. The van der Waals surface area contributed by atoms with Crippen molar-refractivity contribution < 1.29 is 14.6 Å². The van der Waals surface area contributed by atoms with Crippen molar-refractivity contribution in [1.29, 1.82) is 0 Å². The smallest absolute Gasteiger partial charge is 0.290 e. The molecule has 0 bridgehead atoms. The van der Waals surface area contributed by atoms with E-state index >= 15 is 0 Å². The summed E-state index contributed by atoms with van der Waals surface area (Å²) >= 11 is 6.27. The van der Waals surface area contributed by atoms with Crippen molar-refractivity contribution in [2.45, 2.75) is 25.9 Å². The van der Waals surface area contributed by atoms with E-state index in [2.05, 4.69) is 58.0 Å². The number of nitrogens with two attached hydrogens (primary N) is 1. The first-order valence-corrected chi connectivity index (χ1v) is 12.7. The first-order valence-electron chi connectivity index (χ1n) is 12.3. The van der Waals surface area contributed by atoms with Crippen molar-refractivity contribution in [3.05, 3.63) is 65.2 Å². The van der Waals surface area contributed by atoms with Crippen LogP contribution in [-0.4, -0.2) is 47.7 Å². The number of hydrogen-bond donors (Lipinski definition) is 3. The summed E-state index contributed by atoms with van der Waals surface area (Å²) in [6, 6.07) is 17.9. The highest BCUT2D eigenvalue weighted by atomic mass is 35.5. The van der Waals surface area contributed by atoms with E-state index in [4.69, 9.17) is 32.0 Å². The van der Waals surface area contributed by atoms with Gasteiger partial charge in [0.15, 0.2) is 0 Å². The Balaban J connectivity index is 0.000000700. The third-order valence-corrected chi connectivity index (χ3v) is 6.95. The van der Waals surface area contributed by atoms with E-state index in [0.717, 1.165) is 48.7 Å². The van der Waals surface area contributed by atoms with Crippen LogP contribution in [0.3, 0.4) is 0 Å². The van der Waals surface area contributed by atoms with E-state index in [1.807, 2.05) is 42.5 Å². The minimum atomic E-state index is -0.250. The normalized spacial score (nSPS) is 14.8. The highest BCUT2D eigenvalue weighted by molar-refractivity contribution is 6.30. The molecule has 0 unspecified atom stereocenters. The maximum absolute atomic E-state index is 8.36. The second kappa shape index (κ2) is 15.9. The molecule has 0 aliphatic carbocycles. The number of nitrogens with one attached hydrogen (secondary N) is 1. The van der Waals surface area contributed by atoms with Crippen molar-refractivity contribution in [2.75, 3.05) is 36.8 Å². The minimum absolute atomic E-state index is 0.236. The van der Waals surface area contributed by atoms with Crippen LogP contribution < -0.4 is 20.7 Å². The summed E-state index contributed by atoms with van der Waals surface area (Å²) < 4.78 is 6.09. The second-order valence-corrected chi connectivity index (χ2v) is 9.33. The maximum Gasteiger partial charge on any atom is 0.290 e. The van der Waals surface area contributed by atoms with E-state index in [9.17, 15) is 0 Å². The molecule has 1 spiro atoms. The van der Waals surface area contributed by atoms with Crippen LogP contribution in [0.5, 0.6) is 5.88 Å². The van der Waals surface area contributed by atoms with Crippen LogP contribution in [0.2, 0.25) is 5.02 Å². The van der Waals surface area contributed by atoms with Gasteiger partial charge in [0.05, 0.1) is 0 Å². The Kier molecular flexibility index (Phi) is 12.6. The number of hydrogen-bond acceptors (Lipinski definition) is 7. The molecule has 2 saturated heterocycles. The standard InChI is InChI=1S/C25H28ClN5O.2C2H2.CH2O2/c26-20-7-6-19(21(14-20)18-4-2-1-3-5-18)16-32-23-15-22(29-24(27)30-23)31-12-9-25(10-13-31)8-11-28-17-25;2*1-2;2-1-3/h1-7,14-15,28H,8-13,16-17H2,(H2,27,29,30);2*1-2H;1H,(H,2,3). The van der Waals surface area contributed by atoms with Gasteiger partial charge in [-0.15, -0.1) is 25.7 Å². The number of terminal acetylenes is 2. The van der Waals surface area contributed by atoms with Gasteiger partial charge in [0.1, 0.15) is 12.4 Å². The number of carbonyl (C=O) groups is 1. The highest BCUT2D eigenvalue weighted by Crippen LogP contribution is 2.38. The van der Waals surface area contributed by atoms with Crippen LogP contribution in [0, 0.1) is 31.1 Å². The second-order valence-electron chi connectivity index (χ2n) is 8.90. The van der Waals surface area contributed by atoms with Crippen molar-refractivity contribution in [2.24, 2.45) is 5.41 Å². The number of carboxylic acid groups (broad SMARTS) is 1. The predicted octanol–water partition coefficient (Wildman–Crippen LogP) is 4.74. The molecular formula is C30H34ClN5O3. The number of nitrogen functional groups attached to an aromatic ring is 1. The van der Waals surface area contributed by atoms with Gasteiger partial charge in [-0.3, -0.25) is 4.79 Å². The molecule has 39 heavy (non-hydrogen) atoms. The Bertz CT molecular complexity index is 1210. The summed E-state index contributed by atoms with van der Waals surface area (Å²) in [6.07, 6.45) is 19.6. The van der Waals surface area contributed by atoms with Crippen LogP contribution in [-0.2, 0) is 11.4 Å². The number of benzene rings is 2. The largest absolute Gasteiger partial charge is 0.483 e. The Hall–Kier alpha value is -4.24. The van der Waals surface area contributed by atoms with Gasteiger partial charge in [0, 0.05) is 30.7 Å². The van der Waals surface area contributed by atoms with Crippen LogP contribution >= 0.6 is 11.6 Å². The first-order chi connectivity index (χ1) is 19.0. The average Bonchev–Trinajstić information content (AvgIpc) is 3.43. The van der Waals surface area contributed by atoms with Gasteiger partial charge in [-0.1, -0.05) is 48.0 Å². The lowest BCUT2D eigenvalue weighted by molar-refractivity contribution is -0.122. The van der Waals surface area contributed by atoms with Gasteiger partial charge in [-0.25, -0.2) is 0 Å². The first kappa shape index (κ1) is 31.0. The van der Waals surface area contributed by atoms with Gasteiger partial charge in [0.2, 0.25) is 11.8 Å². The van der Waals surface area contributed by atoms with E-state index < -0.39 is 0 Å². The van der Waals surface area contributed by atoms with Crippen LogP contribution in [0.4, 0.5) is 11.8 Å². The topological polar surface area (TPSA) is 114 Å². The third-order valence-electron chi connectivity index (χ3n) is 6.72. The fourth-order valence-electron chi connectivity index (χ4n) is 4.81. The Morgan fingerprint density at radius 3 is 2.33 bits per heavy atom. The number of ether oxygens (including phenoxy) is 1. The van der Waals surface area contributed by atoms with Crippen LogP contribution in [0.15, 0.2) is 54.6 Å². The zero-order chi connectivity index (χ0) is 28.7. The SMILES string of the molecule is C#C.C#C.Nc1nc(OCc2ccc(Cl)cc2-c2ccccc2)cc(N2CCC3(CCNC3)CC2)n1.O=CO. The number of piperidine rings is 1. The third kappa shape index (κ3) is 8.65. The molecule has 9 heteroatoms. The summed E-state index contributed by atoms with van der Waals surface area (Å²) in [6.45, 7) is 4.34. The minimum Gasteiger partial charge on any atom is -0.483 e. The molecule has 5 rings (SSSR count). The molecule has 2 aromatic carbocycles. The lowest BCUT2D eigenvalue weighted by Crippen LogP contribution is -2.41. The average molecular weight is 548 g/mol. The lowest BCUT2D eigenvalue weighted by atomic mass is 9.78. The van der Waals surface area contributed by atoms with E-state index in [1.165, 1.54) is 19.3 Å². The Morgan fingerprint density at radius 1 is 1.05 bits per heavy atom. The summed E-state index contributed by atoms with van der Waals surface area (Å²) in [5.41, 5.74) is 9.67. The number of rotatable bonds is 5. The van der Waals surface area contributed by atoms with Crippen molar-refractivity contribution in [3.8, 4) is 42.7 Å². The van der Waals surface area contributed by atoms with Gasteiger partial charge >= 0.3 is 0 Å². The van der Waals surface area contributed by atoms with Crippen LogP contribution in [0.1, 0.15) is 24.8 Å². The fraction of sp³-hybridized carbons (Fsp3) is 0.300. The zero-order valence-electron chi connectivity index (χ0n) is 21.8. The highest BCUT2D eigenvalue weighted by Gasteiger charge is 2.37. The number of nitrogens with zero attached hydrogens (tertiary/aromatic N) is 3. The summed E-state index contributed by atoms with van der Waals surface area (Å²) in [7, 11) is 0. The number of anilines is 2. The van der Waals surface area contributed by atoms with E-state index in [1.54, 1.807) is 0 Å². The van der Waals surface area contributed by atoms with Gasteiger partial charge in [-0.05, 0) is 60.0 Å². The van der Waals surface area contributed by atoms with Gasteiger partial charge in [0.25, 0.3) is 6.47 Å².